The largest absolute Gasteiger partial charge is 0.394 e. The van der Waals surface area contributed by atoms with Gasteiger partial charge in [0, 0.05) is 6.42 Å². The molecule has 380 valence electrons. The molecule has 1 amide bonds. The summed E-state index contributed by atoms with van der Waals surface area (Å²) in [5.74, 6) is -0.293. The number of aliphatic hydroxyl groups excluding tert-OH is 11. The minimum Gasteiger partial charge on any atom is -0.394 e. The Bertz CT molecular complexity index is 1310. The Morgan fingerprint density at radius 2 is 0.985 bits per heavy atom. The van der Waals surface area contributed by atoms with Crippen LogP contribution in [0.4, 0.5) is 0 Å². The normalized spacial score (nSPS) is 34.3. The first-order valence-electron chi connectivity index (χ1n) is 24.1. The lowest BCUT2D eigenvalue weighted by Gasteiger charge is -2.48. The van der Waals surface area contributed by atoms with Crippen LogP contribution in [0.1, 0.15) is 129 Å². The lowest BCUT2D eigenvalue weighted by atomic mass is 9.96. The molecule has 3 fully saturated rings. The van der Waals surface area contributed by atoms with Gasteiger partial charge in [0.15, 0.2) is 18.9 Å². The zero-order valence-corrected chi connectivity index (χ0v) is 38.5. The Morgan fingerprint density at radius 3 is 1.54 bits per heavy atom. The van der Waals surface area contributed by atoms with Crippen LogP contribution in [-0.2, 0) is 33.2 Å². The molecule has 0 saturated carbocycles. The van der Waals surface area contributed by atoms with Crippen molar-refractivity contribution in [3.8, 4) is 0 Å². The van der Waals surface area contributed by atoms with Gasteiger partial charge in [0.05, 0.1) is 38.6 Å². The first-order chi connectivity index (χ1) is 31.3. The smallest absolute Gasteiger partial charge is 0.220 e. The molecule has 3 aliphatic rings. The second-order valence-corrected chi connectivity index (χ2v) is 17.6. The zero-order chi connectivity index (χ0) is 47.7. The maximum Gasteiger partial charge on any atom is 0.220 e. The maximum atomic E-state index is 13.1. The molecule has 3 rings (SSSR count). The van der Waals surface area contributed by atoms with Crippen molar-refractivity contribution in [2.45, 2.75) is 234 Å². The first kappa shape index (κ1) is 57.6. The van der Waals surface area contributed by atoms with Crippen LogP contribution in [0.15, 0.2) is 24.3 Å². The predicted molar refractivity (Wildman–Crippen MR) is 236 cm³/mol. The minimum atomic E-state index is -1.98. The highest BCUT2D eigenvalue weighted by Gasteiger charge is 2.53. The van der Waals surface area contributed by atoms with E-state index < -0.39 is 124 Å². The SMILES string of the molecule is CCCCC/C=C/CC/C=C/C(O)C(COC1OC(CO)C(OC2OC(CO)C(OC3OC(CO)C(O)C(O)C3O)C(O)C2O)C(O)C1O)NC(=O)CCCCCCCCCCCCC. The van der Waals surface area contributed by atoms with E-state index in [-0.39, 0.29) is 18.9 Å². The molecule has 0 radical (unpaired) electrons. The molecule has 12 N–H and O–H groups in total. The van der Waals surface area contributed by atoms with Gasteiger partial charge in [-0.05, 0) is 32.1 Å². The summed E-state index contributed by atoms with van der Waals surface area (Å²) in [4.78, 5) is 13.1. The summed E-state index contributed by atoms with van der Waals surface area (Å²) >= 11 is 0. The highest BCUT2D eigenvalue weighted by molar-refractivity contribution is 5.76. The van der Waals surface area contributed by atoms with Crippen molar-refractivity contribution in [1.82, 2.24) is 5.32 Å². The van der Waals surface area contributed by atoms with Gasteiger partial charge in [0.2, 0.25) is 5.91 Å². The molecule has 0 aromatic heterocycles. The molecule has 65 heavy (non-hydrogen) atoms. The van der Waals surface area contributed by atoms with E-state index in [2.05, 4.69) is 31.3 Å². The topological polar surface area (TPSA) is 307 Å². The number of allylic oxidation sites excluding steroid dienone is 3. The van der Waals surface area contributed by atoms with Gasteiger partial charge in [-0.3, -0.25) is 4.79 Å². The van der Waals surface area contributed by atoms with Gasteiger partial charge in [-0.2, -0.15) is 0 Å². The van der Waals surface area contributed by atoms with Crippen LogP contribution in [0.2, 0.25) is 0 Å². The number of rotatable bonds is 32. The van der Waals surface area contributed by atoms with Gasteiger partial charge in [0.25, 0.3) is 0 Å². The number of hydrogen-bond donors (Lipinski definition) is 12. The number of nitrogens with one attached hydrogen (secondary N) is 1. The van der Waals surface area contributed by atoms with Crippen LogP contribution in [-0.4, -0.2) is 193 Å². The molecule has 19 nitrogen and oxygen atoms in total. The highest BCUT2D eigenvalue weighted by Crippen LogP contribution is 2.33. The van der Waals surface area contributed by atoms with E-state index in [0.717, 1.165) is 44.9 Å². The van der Waals surface area contributed by atoms with E-state index in [1.54, 1.807) is 6.08 Å². The van der Waals surface area contributed by atoms with Crippen LogP contribution >= 0.6 is 0 Å². The van der Waals surface area contributed by atoms with Crippen molar-refractivity contribution in [3.63, 3.8) is 0 Å². The number of aliphatic hydroxyl groups is 11. The molecule has 3 aliphatic heterocycles. The van der Waals surface area contributed by atoms with Gasteiger partial charge in [0.1, 0.15) is 73.2 Å². The van der Waals surface area contributed by atoms with Crippen LogP contribution in [0.5, 0.6) is 0 Å². The minimum absolute atomic E-state index is 0.237. The molecule has 3 saturated heterocycles. The third kappa shape index (κ3) is 18.9. The molecule has 0 aromatic rings. The fraction of sp³-hybridized carbons (Fsp3) is 0.891. The molecule has 0 aliphatic carbocycles. The van der Waals surface area contributed by atoms with Crippen molar-refractivity contribution >= 4 is 5.91 Å². The second kappa shape index (κ2) is 32.2. The fourth-order valence-corrected chi connectivity index (χ4v) is 8.14. The summed E-state index contributed by atoms with van der Waals surface area (Å²) in [6.07, 6.45) is -0.663. The standard InChI is InChI=1S/C46H83NO18/c1-3-5-7-9-11-13-14-16-18-20-22-24-34(52)47-29(30(51)23-21-19-17-15-12-10-8-6-4-2)28-60-44-40(58)37(55)42(32(26-49)62-44)65-46-41(59)38(56)43(33(27-50)63-46)64-45-39(57)36(54)35(53)31(25-48)61-45/h12,15,21,23,29-33,35-46,48-51,53-59H,3-11,13-14,16-20,22,24-28H2,1-2H3,(H,47,52)/b15-12+,23-21+. The van der Waals surface area contributed by atoms with Gasteiger partial charge in [-0.25, -0.2) is 0 Å². The number of hydrogen-bond acceptors (Lipinski definition) is 18. The van der Waals surface area contributed by atoms with Crippen LogP contribution in [0.25, 0.3) is 0 Å². The van der Waals surface area contributed by atoms with E-state index in [4.69, 9.17) is 28.4 Å². The van der Waals surface area contributed by atoms with Gasteiger partial charge < -0.3 is 89.9 Å². The van der Waals surface area contributed by atoms with Gasteiger partial charge >= 0.3 is 0 Å². The Hall–Kier alpha value is -1.73. The third-order valence-electron chi connectivity index (χ3n) is 12.3. The van der Waals surface area contributed by atoms with E-state index in [0.29, 0.717) is 12.8 Å². The van der Waals surface area contributed by atoms with Crippen LogP contribution in [0, 0.1) is 0 Å². The number of unbranched alkanes of at least 4 members (excludes halogenated alkanes) is 14. The average molecular weight is 938 g/mol. The Kier molecular flexibility index (Phi) is 28.5. The molecule has 3 heterocycles. The molecule has 19 heteroatoms. The molecule has 0 spiro atoms. The Labute approximate surface area is 384 Å². The summed E-state index contributed by atoms with van der Waals surface area (Å²) in [5.41, 5.74) is 0. The van der Waals surface area contributed by atoms with Crippen molar-refractivity contribution in [2.75, 3.05) is 26.4 Å². The van der Waals surface area contributed by atoms with E-state index >= 15 is 0 Å². The summed E-state index contributed by atoms with van der Waals surface area (Å²) in [6.45, 7) is 1.58. The van der Waals surface area contributed by atoms with E-state index in [1.165, 1.54) is 51.4 Å². The number of carbonyl (C=O) groups excluding carboxylic acids is 1. The monoisotopic (exact) mass is 938 g/mol. The fourth-order valence-electron chi connectivity index (χ4n) is 8.14. The molecular weight excluding hydrogens is 854 g/mol. The highest BCUT2D eigenvalue weighted by atomic mass is 16.8. The van der Waals surface area contributed by atoms with Gasteiger partial charge in [-0.1, -0.05) is 115 Å². The number of carbonyl (C=O) groups is 1. The summed E-state index contributed by atoms with van der Waals surface area (Å²) in [6, 6.07) is -0.980. The van der Waals surface area contributed by atoms with Gasteiger partial charge in [-0.15, -0.1) is 0 Å². The number of amides is 1. The van der Waals surface area contributed by atoms with Crippen LogP contribution in [0.3, 0.4) is 0 Å². The number of ether oxygens (including phenoxy) is 6. The lowest BCUT2D eigenvalue weighted by molar-refractivity contribution is -0.379. The van der Waals surface area contributed by atoms with Crippen molar-refractivity contribution in [3.05, 3.63) is 24.3 Å². The molecular formula is C46H83NO18. The maximum absolute atomic E-state index is 13.1. The van der Waals surface area contributed by atoms with Crippen molar-refractivity contribution < 1.29 is 89.4 Å². The molecule has 17 atom stereocenters. The van der Waals surface area contributed by atoms with Crippen LogP contribution < -0.4 is 5.32 Å². The predicted octanol–water partition coefficient (Wildman–Crippen LogP) is 0.471. The summed E-state index contributed by atoms with van der Waals surface area (Å²) in [7, 11) is 0. The first-order valence-corrected chi connectivity index (χ1v) is 24.1. The van der Waals surface area contributed by atoms with E-state index in [9.17, 15) is 61.0 Å². The second-order valence-electron chi connectivity index (χ2n) is 17.6. The Balaban J connectivity index is 1.59. The van der Waals surface area contributed by atoms with E-state index in [1.807, 2.05) is 6.08 Å². The third-order valence-corrected chi connectivity index (χ3v) is 12.3. The average Bonchev–Trinajstić information content (AvgIpc) is 3.30. The lowest BCUT2D eigenvalue weighted by Crippen LogP contribution is -2.66. The summed E-state index contributed by atoms with van der Waals surface area (Å²) in [5, 5.41) is 119. The van der Waals surface area contributed by atoms with Crippen molar-refractivity contribution in [1.29, 1.82) is 0 Å². The Morgan fingerprint density at radius 1 is 0.538 bits per heavy atom. The summed E-state index contributed by atoms with van der Waals surface area (Å²) < 4.78 is 34.0. The molecule has 17 unspecified atom stereocenters. The quantitative estimate of drug-likeness (QED) is 0.0322. The van der Waals surface area contributed by atoms with Crippen molar-refractivity contribution in [2.24, 2.45) is 0 Å². The zero-order valence-electron chi connectivity index (χ0n) is 38.5. The molecule has 0 bridgehead atoms. The molecule has 0 aromatic carbocycles.